The predicted octanol–water partition coefficient (Wildman–Crippen LogP) is 5.26. The molecule has 24 heavy (non-hydrogen) atoms. The summed E-state index contributed by atoms with van der Waals surface area (Å²) in [7, 11) is 0. The molecule has 0 radical (unpaired) electrons. The molecule has 132 valence electrons. The second-order valence-electron chi connectivity index (χ2n) is 6.28. The predicted molar refractivity (Wildman–Crippen MR) is 96.6 cm³/mol. The van der Waals surface area contributed by atoms with Crippen LogP contribution in [0.15, 0.2) is 21.0 Å². The van der Waals surface area contributed by atoms with Gasteiger partial charge in [0, 0.05) is 38.5 Å². The van der Waals surface area contributed by atoms with Gasteiger partial charge < -0.3 is 8.83 Å². The molecule has 3 nitrogen and oxygen atoms in total. The Labute approximate surface area is 145 Å². The van der Waals surface area contributed by atoms with Crippen LogP contribution in [0, 0.1) is 0 Å². The van der Waals surface area contributed by atoms with Crippen LogP contribution in [-0.4, -0.2) is 5.78 Å². The van der Waals surface area contributed by atoms with Crippen LogP contribution in [0.5, 0.6) is 0 Å². The van der Waals surface area contributed by atoms with E-state index in [1.54, 1.807) is 0 Å². The number of Topliss-reactive ketones (excluding diaryl/α,β-unsaturated/α-hetero) is 1. The third kappa shape index (κ3) is 4.62. The van der Waals surface area contributed by atoms with Crippen LogP contribution >= 0.6 is 0 Å². The molecule has 0 bridgehead atoms. The van der Waals surface area contributed by atoms with Crippen LogP contribution in [0.4, 0.5) is 0 Å². The molecule has 0 amide bonds. The fourth-order valence-electron chi connectivity index (χ4n) is 3.15. The number of hydrogen-bond acceptors (Lipinski definition) is 3. The van der Waals surface area contributed by atoms with Crippen LogP contribution < -0.4 is 0 Å². The molecule has 2 rings (SSSR count). The highest BCUT2D eigenvalue weighted by Crippen LogP contribution is 2.20. The lowest BCUT2D eigenvalue weighted by Gasteiger charge is -1.99. The summed E-state index contributed by atoms with van der Waals surface area (Å²) in [4.78, 5) is 12.2. The fraction of sp³-hybridized carbons (Fsp3) is 0.571. The van der Waals surface area contributed by atoms with Crippen molar-refractivity contribution in [2.75, 3.05) is 0 Å². The molecule has 2 aromatic rings. The van der Waals surface area contributed by atoms with Crippen molar-refractivity contribution in [3.63, 3.8) is 0 Å². The summed E-state index contributed by atoms with van der Waals surface area (Å²) < 4.78 is 11.7. The molecule has 0 aliphatic rings. The van der Waals surface area contributed by atoms with E-state index < -0.39 is 0 Å². The molecule has 0 spiro atoms. The smallest absolute Gasteiger partial charge is 0.133 e. The van der Waals surface area contributed by atoms with Crippen molar-refractivity contribution in [2.24, 2.45) is 0 Å². The van der Waals surface area contributed by atoms with Crippen molar-refractivity contribution in [3.8, 4) is 0 Å². The van der Waals surface area contributed by atoms with Gasteiger partial charge in [0.2, 0.25) is 0 Å². The second kappa shape index (κ2) is 8.91. The normalized spacial score (nSPS) is 11.2. The first-order valence-electron chi connectivity index (χ1n) is 9.33. The lowest BCUT2D eigenvalue weighted by molar-refractivity contribution is -0.119. The second-order valence-corrected chi connectivity index (χ2v) is 6.28. The first-order chi connectivity index (χ1) is 11.6. The molecule has 0 saturated heterocycles. The van der Waals surface area contributed by atoms with Crippen molar-refractivity contribution in [3.05, 3.63) is 46.3 Å². The Morgan fingerprint density at radius 1 is 0.750 bits per heavy atom. The minimum absolute atomic E-state index is 0.273. The number of ketones is 1. The third-order valence-electron chi connectivity index (χ3n) is 4.60. The highest BCUT2D eigenvalue weighted by molar-refractivity contribution is 5.78. The van der Waals surface area contributed by atoms with Crippen molar-refractivity contribution in [1.82, 2.24) is 0 Å². The van der Waals surface area contributed by atoms with Gasteiger partial charge in [0.1, 0.15) is 28.8 Å². The number of carbonyl (C=O) groups is 1. The average molecular weight is 330 g/mol. The molecule has 0 N–H and O–H groups in total. The van der Waals surface area contributed by atoms with Gasteiger partial charge in [0.15, 0.2) is 0 Å². The molecule has 2 heterocycles. The van der Waals surface area contributed by atoms with Crippen LogP contribution in [-0.2, 0) is 43.3 Å². The Morgan fingerprint density at radius 3 is 1.46 bits per heavy atom. The molecular weight excluding hydrogens is 300 g/mol. The van der Waals surface area contributed by atoms with E-state index in [0.717, 1.165) is 48.7 Å². The van der Waals surface area contributed by atoms with Gasteiger partial charge in [-0.05, 0) is 36.1 Å². The maximum absolute atomic E-state index is 12.2. The largest absolute Gasteiger partial charge is 0.466 e. The van der Waals surface area contributed by atoms with E-state index in [2.05, 4.69) is 39.8 Å². The van der Waals surface area contributed by atoms with Gasteiger partial charge in [-0.1, -0.05) is 27.7 Å². The van der Waals surface area contributed by atoms with Crippen molar-refractivity contribution in [1.29, 1.82) is 0 Å². The first-order valence-corrected chi connectivity index (χ1v) is 9.33. The Hall–Kier alpha value is -1.77. The van der Waals surface area contributed by atoms with E-state index in [1.165, 1.54) is 11.1 Å². The zero-order chi connectivity index (χ0) is 17.5. The molecule has 3 heteroatoms. The number of aryl methyl sites for hydroxylation is 6. The Bertz CT molecular complexity index is 561. The highest BCUT2D eigenvalue weighted by atomic mass is 16.3. The van der Waals surface area contributed by atoms with E-state index >= 15 is 0 Å². The Morgan fingerprint density at radius 2 is 1.17 bits per heavy atom. The number of carbonyl (C=O) groups excluding carboxylic acids is 1. The topological polar surface area (TPSA) is 43.4 Å². The van der Waals surface area contributed by atoms with Gasteiger partial charge in [-0.2, -0.15) is 0 Å². The lowest BCUT2D eigenvalue weighted by Crippen LogP contribution is -2.01. The van der Waals surface area contributed by atoms with Gasteiger partial charge >= 0.3 is 0 Å². The minimum Gasteiger partial charge on any atom is -0.466 e. The standard InChI is InChI=1S/C21H30O3/c1-5-15-13-18(23-20(15)7-3)11-9-17(22)10-12-19-14-16(6-2)21(8-4)24-19/h13-14H,5-12H2,1-4H3. The van der Waals surface area contributed by atoms with Crippen molar-refractivity contribution < 1.29 is 13.6 Å². The Kier molecular flexibility index (Phi) is 6.89. The molecule has 0 saturated carbocycles. The minimum atomic E-state index is 0.273. The van der Waals surface area contributed by atoms with Gasteiger partial charge in [0.05, 0.1) is 0 Å². The molecule has 0 atom stereocenters. The maximum Gasteiger partial charge on any atom is 0.133 e. The van der Waals surface area contributed by atoms with E-state index in [4.69, 9.17) is 8.83 Å². The highest BCUT2D eigenvalue weighted by Gasteiger charge is 2.12. The zero-order valence-corrected chi connectivity index (χ0v) is 15.5. The van der Waals surface area contributed by atoms with Crippen molar-refractivity contribution in [2.45, 2.75) is 79.1 Å². The van der Waals surface area contributed by atoms with Gasteiger partial charge in [0.25, 0.3) is 0 Å². The molecule has 0 aliphatic carbocycles. The molecule has 2 aromatic heterocycles. The van der Waals surface area contributed by atoms with E-state index in [0.29, 0.717) is 25.7 Å². The van der Waals surface area contributed by atoms with E-state index in [-0.39, 0.29) is 5.78 Å². The molecule has 0 unspecified atom stereocenters. The molecule has 0 aliphatic heterocycles. The van der Waals surface area contributed by atoms with Gasteiger partial charge in [-0.25, -0.2) is 0 Å². The van der Waals surface area contributed by atoms with Crippen LogP contribution in [0.1, 0.15) is 74.7 Å². The molecule has 0 aromatic carbocycles. The summed E-state index contributed by atoms with van der Waals surface area (Å²) in [6.45, 7) is 8.48. The zero-order valence-electron chi connectivity index (χ0n) is 15.5. The molecule has 0 fully saturated rings. The number of hydrogen-bond donors (Lipinski definition) is 0. The van der Waals surface area contributed by atoms with E-state index in [9.17, 15) is 4.79 Å². The monoisotopic (exact) mass is 330 g/mol. The third-order valence-corrected chi connectivity index (χ3v) is 4.60. The SMILES string of the molecule is CCc1cc(CCC(=O)CCc2cc(CC)c(CC)o2)oc1CC. The number of rotatable bonds is 10. The average Bonchev–Trinajstić information content (AvgIpc) is 3.20. The summed E-state index contributed by atoms with van der Waals surface area (Å²) in [6, 6.07) is 4.22. The summed E-state index contributed by atoms with van der Waals surface area (Å²) >= 11 is 0. The first kappa shape index (κ1) is 18.6. The maximum atomic E-state index is 12.2. The van der Waals surface area contributed by atoms with E-state index in [1.807, 2.05) is 0 Å². The van der Waals surface area contributed by atoms with Gasteiger partial charge in [-0.3, -0.25) is 4.79 Å². The van der Waals surface area contributed by atoms with Gasteiger partial charge in [-0.15, -0.1) is 0 Å². The Balaban J connectivity index is 1.83. The molecular formula is C21H30O3. The van der Waals surface area contributed by atoms with Crippen LogP contribution in [0.3, 0.4) is 0 Å². The van der Waals surface area contributed by atoms with Crippen LogP contribution in [0.2, 0.25) is 0 Å². The lowest BCUT2D eigenvalue weighted by atomic mass is 10.1. The number of furan rings is 2. The van der Waals surface area contributed by atoms with Crippen LogP contribution in [0.25, 0.3) is 0 Å². The quantitative estimate of drug-likeness (QED) is 0.597. The van der Waals surface area contributed by atoms with Crippen molar-refractivity contribution >= 4 is 5.78 Å². The summed E-state index contributed by atoms with van der Waals surface area (Å²) in [6.07, 6.45) is 6.28. The summed E-state index contributed by atoms with van der Waals surface area (Å²) in [5, 5.41) is 0. The fourth-order valence-corrected chi connectivity index (χ4v) is 3.15. The summed E-state index contributed by atoms with van der Waals surface area (Å²) in [5.74, 6) is 4.28. The summed E-state index contributed by atoms with van der Waals surface area (Å²) in [5.41, 5.74) is 2.55.